The average Bonchev–Trinajstić information content (AvgIpc) is 2.31. The van der Waals surface area contributed by atoms with Crippen molar-refractivity contribution in [3.05, 3.63) is 29.3 Å². The number of benzene rings is 1. The fourth-order valence-electron chi connectivity index (χ4n) is 2.04. The lowest BCUT2D eigenvalue weighted by Crippen LogP contribution is -2.32. The number of carbonyl (C=O) groups is 1. The lowest BCUT2D eigenvalue weighted by molar-refractivity contribution is -0.118. The van der Waals surface area contributed by atoms with E-state index in [1.807, 2.05) is 0 Å². The molecular formula is C11H15N3O3S. The molecule has 1 aliphatic rings. The van der Waals surface area contributed by atoms with Crippen LogP contribution in [0.2, 0.25) is 0 Å². The Bertz CT molecular complexity index is 598. The molecule has 0 fully saturated rings. The molecule has 98 valence electrons. The van der Waals surface area contributed by atoms with Crippen molar-refractivity contribution >= 4 is 21.6 Å². The molecule has 18 heavy (non-hydrogen) atoms. The van der Waals surface area contributed by atoms with Crippen molar-refractivity contribution in [3.63, 3.8) is 0 Å². The molecule has 1 aromatic rings. The molecule has 0 radical (unpaired) electrons. The van der Waals surface area contributed by atoms with Crippen LogP contribution in [0.15, 0.2) is 18.2 Å². The Kier molecular flexibility index (Phi) is 3.14. The first-order chi connectivity index (χ1) is 8.30. The molecule has 1 aromatic carbocycles. The Balaban J connectivity index is 2.43. The molecule has 6 nitrogen and oxygen atoms in total. The fourth-order valence-corrected chi connectivity index (χ4v) is 2.57. The van der Waals surface area contributed by atoms with Gasteiger partial charge in [0.1, 0.15) is 5.37 Å². The number of nitrogens with two attached hydrogens (primary N) is 2. The zero-order valence-corrected chi connectivity index (χ0v) is 10.8. The third kappa shape index (κ3) is 2.24. The largest absolute Gasteiger partial charge is 0.315 e. The number of hydrogen-bond acceptors (Lipinski definition) is 4. The number of amides is 1. The number of sulfonamides is 1. The van der Waals surface area contributed by atoms with Crippen LogP contribution in [0.25, 0.3) is 0 Å². The van der Waals surface area contributed by atoms with Gasteiger partial charge in [0.25, 0.3) is 0 Å². The molecule has 1 amide bonds. The van der Waals surface area contributed by atoms with Crippen LogP contribution in [0.3, 0.4) is 0 Å². The SMILES string of the molecule is CN1C(=O)CCc2cc(C(N)S(N)(=O)=O)ccc21. The first-order valence-electron chi connectivity index (χ1n) is 5.47. The molecule has 0 saturated heterocycles. The van der Waals surface area contributed by atoms with Crippen molar-refractivity contribution in [2.75, 3.05) is 11.9 Å². The maximum atomic E-state index is 11.5. The highest BCUT2D eigenvalue weighted by Gasteiger charge is 2.24. The predicted molar refractivity (Wildman–Crippen MR) is 68.2 cm³/mol. The second-order valence-electron chi connectivity index (χ2n) is 4.35. The van der Waals surface area contributed by atoms with Gasteiger partial charge in [0.2, 0.25) is 15.9 Å². The average molecular weight is 269 g/mol. The summed E-state index contributed by atoms with van der Waals surface area (Å²) in [6, 6.07) is 4.99. The van der Waals surface area contributed by atoms with Crippen LogP contribution >= 0.6 is 0 Å². The number of nitrogens with zero attached hydrogens (tertiary/aromatic N) is 1. The topological polar surface area (TPSA) is 106 Å². The highest BCUT2D eigenvalue weighted by atomic mass is 32.2. The second kappa shape index (κ2) is 4.34. The lowest BCUT2D eigenvalue weighted by atomic mass is 9.99. The highest BCUT2D eigenvalue weighted by Crippen LogP contribution is 2.29. The minimum Gasteiger partial charge on any atom is -0.315 e. The van der Waals surface area contributed by atoms with Gasteiger partial charge in [-0.05, 0) is 23.6 Å². The number of primary sulfonamides is 1. The van der Waals surface area contributed by atoms with E-state index in [-0.39, 0.29) is 5.91 Å². The fraction of sp³-hybridized carbons (Fsp3) is 0.364. The van der Waals surface area contributed by atoms with Gasteiger partial charge in [0, 0.05) is 19.2 Å². The van der Waals surface area contributed by atoms with E-state index >= 15 is 0 Å². The molecule has 1 aliphatic heterocycles. The summed E-state index contributed by atoms with van der Waals surface area (Å²) < 4.78 is 22.4. The van der Waals surface area contributed by atoms with Gasteiger partial charge in [-0.1, -0.05) is 12.1 Å². The molecular weight excluding hydrogens is 254 g/mol. The van der Waals surface area contributed by atoms with E-state index in [1.165, 1.54) is 0 Å². The summed E-state index contributed by atoms with van der Waals surface area (Å²) in [7, 11) is -2.12. The monoisotopic (exact) mass is 269 g/mol. The number of fused-ring (bicyclic) bond motifs is 1. The van der Waals surface area contributed by atoms with E-state index in [0.717, 1.165) is 11.3 Å². The van der Waals surface area contributed by atoms with Gasteiger partial charge in [-0.3, -0.25) is 4.79 Å². The van der Waals surface area contributed by atoms with Crippen molar-refractivity contribution in [1.29, 1.82) is 0 Å². The van der Waals surface area contributed by atoms with Crippen LogP contribution in [0, 0.1) is 0 Å². The number of aryl methyl sites for hydroxylation is 1. The summed E-state index contributed by atoms with van der Waals surface area (Å²) in [6.07, 6.45) is 1.00. The van der Waals surface area contributed by atoms with Crippen LogP contribution in [-0.2, 0) is 21.2 Å². The van der Waals surface area contributed by atoms with Crippen LogP contribution in [0.4, 0.5) is 5.69 Å². The van der Waals surface area contributed by atoms with E-state index < -0.39 is 15.4 Å². The first kappa shape index (κ1) is 13.0. The molecule has 1 unspecified atom stereocenters. The van der Waals surface area contributed by atoms with Crippen LogP contribution in [0.1, 0.15) is 22.9 Å². The number of rotatable bonds is 2. The minimum absolute atomic E-state index is 0.0472. The van der Waals surface area contributed by atoms with Gasteiger partial charge in [0.15, 0.2) is 0 Å². The minimum atomic E-state index is -3.81. The van der Waals surface area contributed by atoms with E-state index in [1.54, 1.807) is 30.1 Å². The number of anilines is 1. The molecule has 1 heterocycles. The van der Waals surface area contributed by atoms with Crippen molar-refractivity contribution in [2.24, 2.45) is 10.9 Å². The van der Waals surface area contributed by atoms with Crippen molar-refractivity contribution in [1.82, 2.24) is 0 Å². The third-order valence-corrected chi connectivity index (χ3v) is 4.11. The zero-order chi connectivity index (χ0) is 13.5. The van der Waals surface area contributed by atoms with E-state index in [2.05, 4.69) is 0 Å². The van der Waals surface area contributed by atoms with Gasteiger partial charge in [-0.25, -0.2) is 13.6 Å². The summed E-state index contributed by atoms with van der Waals surface area (Å²) in [5, 5.41) is 3.79. The van der Waals surface area contributed by atoms with Gasteiger partial charge in [0.05, 0.1) is 0 Å². The van der Waals surface area contributed by atoms with Crippen LogP contribution in [0.5, 0.6) is 0 Å². The van der Waals surface area contributed by atoms with Crippen molar-refractivity contribution < 1.29 is 13.2 Å². The Morgan fingerprint density at radius 3 is 2.61 bits per heavy atom. The Morgan fingerprint density at radius 1 is 1.33 bits per heavy atom. The molecule has 1 atom stereocenters. The van der Waals surface area contributed by atoms with Crippen molar-refractivity contribution in [3.8, 4) is 0 Å². The molecule has 0 spiro atoms. The molecule has 0 aliphatic carbocycles. The lowest BCUT2D eigenvalue weighted by Gasteiger charge is -2.26. The van der Waals surface area contributed by atoms with E-state index in [4.69, 9.17) is 10.9 Å². The van der Waals surface area contributed by atoms with Crippen LogP contribution < -0.4 is 15.8 Å². The molecule has 4 N–H and O–H groups in total. The summed E-state index contributed by atoms with van der Waals surface area (Å²) in [4.78, 5) is 13.1. The Morgan fingerprint density at radius 2 is 2.00 bits per heavy atom. The maximum Gasteiger partial charge on any atom is 0.229 e. The quantitative estimate of drug-likeness (QED) is 0.778. The summed E-state index contributed by atoms with van der Waals surface area (Å²) in [6.45, 7) is 0. The standard InChI is InChI=1S/C11H15N3O3S/c1-14-9-4-2-8(11(12)18(13,16)17)6-7(9)3-5-10(14)15/h2,4,6,11H,3,5,12H2,1H3,(H2,13,16,17). The predicted octanol–water partition coefficient (Wildman–Crippen LogP) is -0.159. The van der Waals surface area contributed by atoms with E-state index in [0.29, 0.717) is 18.4 Å². The van der Waals surface area contributed by atoms with E-state index in [9.17, 15) is 13.2 Å². The zero-order valence-electron chi connectivity index (χ0n) is 9.96. The van der Waals surface area contributed by atoms with Gasteiger partial charge in [-0.2, -0.15) is 0 Å². The summed E-state index contributed by atoms with van der Waals surface area (Å²) in [5.74, 6) is 0.0472. The van der Waals surface area contributed by atoms with Crippen molar-refractivity contribution in [2.45, 2.75) is 18.2 Å². The molecule has 0 bridgehead atoms. The van der Waals surface area contributed by atoms with Crippen LogP contribution in [-0.4, -0.2) is 21.4 Å². The second-order valence-corrected chi connectivity index (χ2v) is 6.04. The molecule has 7 heteroatoms. The number of carbonyl (C=O) groups excluding carboxylic acids is 1. The first-order valence-corrected chi connectivity index (χ1v) is 7.08. The third-order valence-electron chi connectivity index (χ3n) is 3.13. The van der Waals surface area contributed by atoms with Gasteiger partial charge < -0.3 is 10.6 Å². The Labute approximate surface area is 106 Å². The number of hydrogen-bond donors (Lipinski definition) is 2. The normalized spacial score (nSPS) is 17.5. The van der Waals surface area contributed by atoms with Gasteiger partial charge >= 0.3 is 0 Å². The van der Waals surface area contributed by atoms with Gasteiger partial charge in [-0.15, -0.1) is 0 Å². The molecule has 0 saturated carbocycles. The highest BCUT2D eigenvalue weighted by molar-refractivity contribution is 7.89. The summed E-state index contributed by atoms with van der Waals surface area (Å²) >= 11 is 0. The Hall–Kier alpha value is -1.44. The summed E-state index contributed by atoms with van der Waals surface area (Å²) in [5.41, 5.74) is 7.72. The molecule has 0 aromatic heterocycles. The maximum absolute atomic E-state index is 11.5. The smallest absolute Gasteiger partial charge is 0.229 e. The molecule has 2 rings (SSSR count).